The predicted molar refractivity (Wildman–Crippen MR) is 65.5 cm³/mol. The van der Waals surface area contributed by atoms with E-state index >= 15 is 0 Å². The topological polar surface area (TPSA) is 12.9 Å². The number of rotatable bonds is 1. The summed E-state index contributed by atoms with van der Waals surface area (Å²) in [4.78, 5) is 4.75. The normalized spacial score (nSPS) is 25.5. The Bertz CT molecular complexity index is 494. The second-order valence-corrected chi connectivity index (χ2v) is 5.86. The Morgan fingerprint density at radius 1 is 1.33 bits per heavy atom. The molecule has 0 bridgehead atoms. The molecule has 0 unspecified atom stereocenters. The van der Waals surface area contributed by atoms with E-state index in [-0.39, 0.29) is 0 Å². The molecule has 15 heavy (non-hydrogen) atoms. The molecule has 0 aliphatic heterocycles. The van der Waals surface area contributed by atoms with Crippen LogP contribution in [0.4, 0.5) is 0 Å². The summed E-state index contributed by atoms with van der Waals surface area (Å²) in [5.74, 6) is 1.65. The van der Waals surface area contributed by atoms with Crippen LogP contribution in [0.3, 0.4) is 0 Å². The molecule has 2 aromatic rings. The zero-order valence-corrected chi connectivity index (χ0v) is 9.97. The first-order valence-corrected chi connectivity index (χ1v) is 6.41. The maximum Gasteiger partial charge on any atom is 0.0969 e. The second kappa shape index (κ2) is 3.31. The van der Waals surface area contributed by atoms with Crippen LogP contribution in [0, 0.1) is 12.8 Å². The van der Waals surface area contributed by atoms with E-state index in [9.17, 15) is 0 Å². The van der Waals surface area contributed by atoms with Crippen LogP contribution in [0.25, 0.3) is 10.2 Å². The van der Waals surface area contributed by atoms with Crippen molar-refractivity contribution in [2.45, 2.75) is 32.6 Å². The van der Waals surface area contributed by atoms with Crippen LogP contribution in [0.15, 0.2) is 18.2 Å². The number of hydrogen-bond acceptors (Lipinski definition) is 2. The van der Waals surface area contributed by atoms with Crippen molar-refractivity contribution in [3.63, 3.8) is 0 Å². The highest BCUT2D eigenvalue weighted by Crippen LogP contribution is 2.43. The van der Waals surface area contributed by atoms with Crippen molar-refractivity contribution in [3.8, 4) is 0 Å². The highest BCUT2D eigenvalue weighted by molar-refractivity contribution is 7.18. The standard InChI is InChI=1S/C13H15NS/c1-8-3-4-12-11(7-8)14-13(15-12)10-5-9(2)6-10/h3-4,7,9-10H,5-6H2,1-2H3/t9-,10-. The Morgan fingerprint density at radius 3 is 2.87 bits per heavy atom. The van der Waals surface area contributed by atoms with Gasteiger partial charge in [-0.15, -0.1) is 11.3 Å². The number of aromatic nitrogens is 1. The number of fused-ring (bicyclic) bond motifs is 1. The van der Waals surface area contributed by atoms with Gasteiger partial charge in [0.15, 0.2) is 0 Å². The van der Waals surface area contributed by atoms with E-state index in [4.69, 9.17) is 4.98 Å². The van der Waals surface area contributed by atoms with Gasteiger partial charge in [-0.2, -0.15) is 0 Å². The van der Waals surface area contributed by atoms with E-state index in [1.807, 2.05) is 11.3 Å². The third-order valence-corrected chi connectivity index (χ3v) is 4.48. The Morgan fingerprint density at radius 2 is 2.13 bits per heavy atom. The predicted octanol–water partition coefficient (Wildman–Crippen LogP) is 4.12. The molecule has 1 aromatic heterocycles. The molecule has 3 rings (SSSR count). The largest absolute Gasteiger partial charge is 0.241 e. The molecule has 0 N–H and O–H groups in total. The quantitative estimate of drug-likeness (QED) is 0.700. The lowest BCUT2D eigenvalue weighted by molar-refractivity contribution is 0.288. The highest BCUT2D eigenvalue weighted by Gasteiger charge is 2.29. The molecule has 0 spiro atoms. The smallest absolute Gasteiger partial charge is 0.0969 e. The van der Waals surface area contributed by atoms with Gasteiger partial charge >= 0.3 is 0 Å². The van der Waals surface area contributed by atoms with Crippen molar-refractivity contribution < 1.29 is 0 Å². The van der Waals surface area contributed by atoms with Gasteiger partial charge in [-0.05, 0) is 43.4 Å². The molecule has 1 fully saturated rings. The average Bonchev–Trinajstić information content (AvgIpc) is 2.55. The van der Waals surface area contributed by atoms with Gasteiger partial charge in [-0.3, -0.25) is 0 Å². The Labute approximate surface area is 94.2 Å². The molecule has 0 saturated heterocycles. The van der Waals surface area contributed by atoms with Crippen LogP contribution < -0.4 is 0 Å². The maximum absolute atomic E-state index is 4.75. The van der Waals surface area contributed by atoms with Crippen LogP contribution in [0.2, 0.25) is 0 Å². The monoisotopic (exact) mass is 217 g/mol. The molecule has 1 aliphatic rings. The van der Waals surface area contributed by atoms with E-state index in [1.54, 1.807) is 0 Å². The van der Waals surface area contributed by atoms with E-state index in [1.165, 1.54) is 33.6 Å². The fourth-order valence-corrected chi connectivity index (χ4v) is 3.41. The van der Waals surface area contributed by atoms with Crippen molar-refractivity contribution in [2.24, 2.45) is 5.92 Å². The third-order valence-electron chi connectivity index (χ3n) is 3.28. The molecule has 2 heteroatoms. The Kier molecular flexibility index (Phi) is 2.06. The minimum Gasteiger partial charge on any atom is -0.241 e. The SMILES string of the molecule is Cc1ccc2sc([C@H]3C[C@H](C)C3)nc2c1. The number of hydrogen-bond donors (Lipinski definition) is 0. The van der Waals surface area contributed by atoms with E-state index in [2.05, 4.69) is 32.0 Å². The summed E-state index contributed by atoms with van der Waals surface area (Å²) in [5.41, 5.74) is 2.50. The van der Waals surface area contributed by atoms with Crippen molar-refractivity contribution in [2.75, 3.05) is 0 Å². The van der Waals surface area contributed by atoms with Crippen LogP contribution in [0.1, 0.15) is 36.3 Å². The fourth-order valence-electron chi connectivity index (χ4n) is 2.33. The Hall–Kier alpha value is -0.890. The number of aryl methyl sites for hydroxylation is 1. The lowest BCUT2D eigenvalue weighted by Crippen LogP contribution is -2.18. The van der Waals surface area contributed by atoms with Gasteiger partial charge < -0.3 is 0 Å². The minimum absolute atomic E-state index is 0.748. The van der Waals surface area contributed by atoms with Crippen molar-refractivity contribution >= 4 is 21.6 Å². The van der Waals surface area contributed by atoms with Gasteiger partial charge in [0.05, 0.1) is 15.2 Å². The fraction of sp³-hybridized carbons (Fsp3) is 0.462. The second-order valence-electron chi connectivity index (χ2n) is 4.80. The van der Waals surface area contributed by atoms with Crippen molar-refractivity contribution in [1.82, 2.24) is 4.98 Å². The zero-order chi connectivity index (χ0) is 10.4. The van der Waals surface area contributed by atoms with Crippen LogP contribution in [0.5, 0.6) is 0 Å². The summed E-state index contributed by atoms with van der Waals surface area (Å²) in [5, 5.41) is 1.36. The average molecular weight is 217 g/mol. The van der Waals surface area contributed by atoms with Gasteiger partial charge in [-0.25, -0.2) is 4.98 Å². The molecular formula is C13H15NS. The van der Waals surface area contributed by atoms with Crippen molar-refractivity contribution in [1.29, 1.82) is 0 Å². The van der Waals surface area contributed by atoms with Gasteiger partial charge in [0, 0.05) is 5.92 Å². The molecule has 1 heterocycles. The van der Waals surface area contributed by atoms with Gasteiger partial charge in [0.2, 0.25) is 0 Å². The summed E-state index contributed by atoms with van der Waals surface area (Å²) < 4.78 is 1.34. The highest BCUT2D eigenvalue weighted by atomic mass is 32.1. The summed E-state index contributed by atoms with van der Waals surface area (Å²) in [6.07, 6.45) is 2.66. The molecule has 0 atom stereocenters. The molecule has 0 amide bonds. The molecule has 0 radical (unpaired) electrons. The summed E-state index contributed by atoms with van der Waals surface area (Å²) >= 11 is 1.88. The minimum atomic E-state index is 0.748. The number of thiazole rings is 1. The van der Waals surface area contributed by atoms with Gasteiger partial charge in [-0.1, -0.05) is 13.0 Å². The van der Waals surface area contributed by atoms with Crippen LogP contribution in [-0.2, 0) is 0 Å². The maximum atomic E-state index is 4.75. The van der Waals surface area contributed by atoms with E-state index < -0.39 is 0 Å². The molecule has 1 aliphatic carbocycles. The summed E-state index contributed by atoms with van der Waals surface area (Å²) in [6.45, 7) is 4.46. The lowest BCUT2D eigenvalue weighted by Gasteiger charge is -2.30. The molecule has 1 saturated carbocycles. The lowest BCUT2D eigenvalue weighted by atomic mass is 9.77. The first kappa shape index (κ1) is 9.34. The molecular weight excluding hydrogens is 202 g/mol. The van der Waals surface area contributed by atoms with Crippen LogP contribution >= 0.6 is 11.3 Å². The van der Waals surface area contributed by atoms with Crippen LogP contribution in [-0.4, -0.2) is 4.98 Å². The summed E-state index contributed by atoms with van der Waals surface area (Å²) in [6, 6.07) is 6.57. The molecule has 1 aromatic carbocycles. The van der Waals surface area contributed by atoms with Gasteiger partial charge in [0.1, 0.15) is 0 Å². The molecule has 78 valence electrons. The summed E-state index contributed by atoms with van der Waals surface area (Å²) in [7, 11) is 0. The number of benzene rings is 1. The zero-order valence-electron chi connectivity index (χ0n) is 9.16. The number of nitrogens with zero attached hydrogens (tertiary/aromatic N) is 1. The third kappa shape index (κ3) is 1.57. The first-order chi connectivity index (χ1) is 7.22. The van der Waals surface area contributed by atoms with Gasteiger partial charge in [0.25, 0.3) is 0 Å². The Balaban J connectivity index is 1.99. The first-order valence-electron chi connectivity index (χ1n) is 5.59. The van der Waals surface area contributed by atoms with Crippen molar-refractivity contribution in [3.05, 3.63) is 28.8 Å². The molecule has 1 nitrogen and oxygen atoms in total. The van der Waals surface area contributed by atoms with E-state index in [0.29, 0.717) is 0 Å². The van der Waals surface area contributed by atoms with E-state index in [0.717, 1.165) is 11.8 Å².